The monoisotopic (exact) mass is 629 g/mol. The molecule has 1 aliphatic carbocycles. The first-order valence-electron chi connectivity index (χ1n) is 13.9. The molecule has 0 spiro atoms. The van der Waals surface area contributed by atoms with E-state index < -0.39 is 40.1 Å². The average molecular weight is 630 g/mol. The van der Waals surface area contributed by atoms with Crippen molar-refractivity contribution in [3.05, 3.63) is 75.4 Å². The number of aliphatic hydroxyl groups excluding tert-OH is 1. The van der Waals surface area contributed by atoms with E-state index >= 15 is 0 Å². The summed E-state index contributed by atoms with van der Waals surface area (Å²) in [6.07, 6.45) is 2.92. The Morgan fingerprint density at radius 2 is 2.00 bits per heavy atom. The molecule has 4 atom stereocenters. The molecule has 1 aromatic carbocycles. The lowest BCUT2D eigenvalue weighted by Crippen LogP contribution is -2.43. The van der Waals surface area contributed by atoms with Gasteiger partial charge in [-0.3, -0.25) is 13.9 Å². The Hall–Kier alpha value is -3.43. The smallest absolute Gasteiger partial charge is 0.411 e. The molecular weight excluding hydrogens is 594 g/mol. The first kappa shape index (κ1) is 31.0. The number of carbonyl (C=O) groups is 2. The summed E-state index contributed by atoms with van der Waals surface area (Å²) in [7, 11) is -4.12. The molecule has 0 radical (unpaired) electrons. The lowest BCUT2D eigenvalue weighted by molar-refractivity contribution is 0.0178. The number of hydrogen-bond donors (Lipinski definition) is 3. The third-order valence-electron chi connectivity index (χ3n) is 7.47. The number of nitrogens with one attached hydrogen (secondary N) is 1. The van der Waals surface area contributed by atoms with E-state index in [-0.39, 0.29) is 24.0 Å². The van der Waals surface area contributed by atoms with Crippen molar-refractivity contribution in [3.63, 3.8) is 0 Å². The SMILES string of the molecule is CC(C)(C)OC(=O)N1CCc2ccccc2C1c1csc(C(=O)c2cncnc2NC2C[C@H](COS(N)(=O)=O)[C@@H](O)C2)c1. The van der Waals surface area contributed by atoms with Gasteiger partial charge in [0.15, 0.2) is 0 Å². The third kappa shape index (κ3) is 7.39. The van der Waals surface area contributed by atoms with Crippen molar-refractivity contribution in [1.82, 2.24) is 14.9 Å². The number of rotatable bonds is 8. The lowest BCUT2D eigenvalue weighted by atomic mass is 9.89. The van der Waals surface area contributed by atoms with Crippen LogP contribution in [0.5, 0.6) is 0 Å². The molecule has 5 rings (SSSR count). The predicted octanol–water partition coefficient (Wildman–Crippen LogP) is 3.42. The maximum absolute atomic E-state index is 13.8. The van der Waals surface area contributed by atoms with Gasteiger partial charge in [-0.2, -0.15) is 8.42 Å². The molecule has 2 aliphatic rings. The zero-order valence-corrected chi connectivity index (χ0v) is 25.7. The highest BCUT2D eigenvalue weighted by Gasteiger charge is 2.37. The standard InChI is InChI=1S/C29H35N5O7S2/c1-29(2,3)41-28(37)34-9-8-17-6-4-5-7-21(17)25(34)19-11-24(42-15-19)26(36)22-13-31-16-32-27(22)33-20-10-18(23(35)12-20)14-40-43(30,38)39/h4-7,11,13,15-16,18,20,23,25,35H,8-10,12,14H2,1-3H3,(H2,30,38,39)(H,31,32,33)/t18-,20?,23+,25?/m1/s1. The molecule has 14 heteroatoms. The van der Waals surface area contributed by atoms with Crippen molar-refractivity contribution in [1.29, 1.82) is 0 Å². The molecule has 1 saturated carbocycles. The van der Waals surface area contributed by atoms with Crippen LogP contribution < -0.4 is 10.5 Å². The predicted molar refractivity (Wildman–Crippen MR) is 160 cm³/mol. The first-order valence-corrected chi connectivity index (χ1v) is 16.3. The molecule has 3 heterocycles. The Balaban J connectivity index is 1.37. The molecule has 1 aliphatic heterocycles. The van der Waals surface area contributed by atoms with E-state index in [0.29, 0.717) is 36.5 Å². The average Bonchev–Trinajstić information content (AvgIpc) is 3.56. The van der Waals surface area contributed by atoms with E-state index in [2.05, 4.69) is 25.5 Å². The van der Waals surface area contributed by atoms with Crippen molar-refractivity contribution in [2.45, 2.75) is 63.8 Å². The zero-order chi connectivity index (χ0) is 30.9. The van der Waals surface area contributed by atoms with E-state index in [0.717, 1.165) is 16.7 Å². The molecule has 1 amide bonds. The Bertz CT molecular complexity index is 1600. The molecule has 0 bridgehead atoms. The van der Waals surface area contributed by atoms with Crippen molar-refractivity contribution in [3.8, 4) is 0 Å². The summed E-state index contributed by atoms with van der Waals surface area (Å²) in [5, 5.41) is 20.4. The highest BCUT2D eigenvalue weighted by Crippen LogP contribution is 2.38. The first-order chi connectivity index (χ1) is 20.3. The number of fused-ring (bicyclic) bond motifs is 1. The van der Waals surface area contributed by atoms with Crippen LogP contribution in [0.2, 0.25) is 0 Å². The van der Waals surface area contributed by atoms with Crippen LogP contribution in [0.3, 0.4) is 0 Å². The lowest BCUT2D eigenvalue weighted by Gasteiger charge is -2.38. The summed E-state index contributed by atoms with van der Waals surface area (Å²) < 4.78 is 32.7. The Morgan fingerprint density at radius 1 is 1.23 bits per heavy atom. The largest absolute Gasteiger partial charge is 0.444 e. The fourth-order valence-corrected chi connectivity index (χ4v) is 6.82. The van der Waals surface area contributed by atoms with Gasteiger partial charge in [0, 0.05) is 24.7 Å². The zero-order valence-electron chi connectivity index (χ0n) is 24.1. The van der Waals surface area contributed by atoms with Crippen LogP contribution in [0, 0.1) is 5.92 Å². The maximum atomic E-state index is 13.8. The highest BCUT2D eigenvalue weighted by molar-refractivity contribution is 7.84. The minimum absolute atomic E-state index is 0.240. The summed E-state index contributed by atoms with van der Waals surface area (Å²) in [6, 6.07) is 9.06. The van der Waals surface area contributed by atoms with Gasteiger partial charge < -0.3 is 15.2 Å². The molecule has 0 saturated heterocycles. The van der Waals surface area contributed by atoms with Gasteiger partial charge in [-0.1, -0.05) is 24.3 Å². The maximum Gasteiger partial charge on any atom is 0.411 e. The van der Waals surface area contributed by atoms with E-state index in [1.54, 1.807) is 11.0 Å². The number of aromatic nitrogens is 2. The number of ether oxygens (including phenoxy) is 1. The minimum Gasteiger partial charge on any atom is -0.444 e. The quantitative estimate of drug-likeness (QED) is 0.313. The second-order valence-corrected chi connectivity index (χ2v) is 13.9. The third-order valence-corrected chi connectivity index (χ3v) is 8.88. The second-order valence-electron chi connectivity index (χ2n) is 11.8. The fourth-order valence-electron chi connectivity index (χ4n) is 5.58. The number of ketones is 1. The Morgan fingerprint density at radius 3 is 2.74 bits per heavy atom. The van der Waals surface area contributed by atoms with E-state index in [1.807, 2.05) is 44.4 Å². The van der Waals surface area contributed by atoms with Crippen LogP contribution in [-0.4, -0.2) is 71.2 Å². The number of benzene rings is 1. The number of aliphatic hydroxyl groups is 1. The molecule has 1 fully saturated rings. The Kier molecular flexibility index (Phi) is 8.86. The number of amides is 1. The van der Waals surface area contributed by atoms with E-state index in [9.17, 15) is 23.1 Å². The molecule has 12 nitrogen and oxygen atoms in total. The van der Waals surface area contributed by atoms with Crippen molar-refractivity contribution in [2.75, 3.05) is 18.5 Å². The number of carbonyl (C=O) groups excluding carboxylic acids is 2. The summed E-state index contributed by atoms with van der Waals surface area (Å²) in [5.74, 6) is -0.443. The summed E-state index contributed by atoms with van der Waals surface area (Å²) in [5.41, 5.74) is 2.52. The normalized spacial score (nSPS) is 22.2. The molecule has 4 N–H and O–H groups in total. The van der Waals surface area contributed by atoms with E-state index in [4.69, 9.17) is 9.88 Å². The molecule has 43 heavy (non-hydrogen) atoms. The highest BCUT2D eigenvalue weighted by atomic mass is 32.2. The van der Waals surface area contributed by atoms with Crippen LogP contribution in [0.15, 0.2) is 48.2 Å². The number of thiophene rings is 1. The summed E-state index contributed by atoms with van der Waals surface area (Å²) >= 11 is 1.27. The second kappa shape index (κ2) is 12.3. The number of nitrogens with zero attached hydrogens (tertiary/aromatic N) is 3. The Labute approximate surface area is 254 Å². The molecule has 2 unspecified atom stereocenters. The van der Waals surface area contributed by atoms with Gasteiger partial charge in [-0.05, 0) is 68.2 Å². The van der Waals surface area contributed by atoms with Gasteiger partial charge in [-0.25, -0.2) is 19.9 Å². The van der Waals surface area contributed by atoms with Crippen LogP contribution in [0.25, 0.3) is 0 Å². The van der Waals surface area contributed by atoms with Gasteiger partial charge in [0.25, 0.3) is 0 Å². The van der Waals surface area contributed by atoms with Crippen molar-refractivity contribution < 1.29 is 32.0 Å². The summed E-state index contributed by atoms with van der Waals surface area (Å²) in [6.45, 7) is 5.73. The van der Waals surface area contributed by atoms with Crippen LogP contribution in [0.1, 0.15) is 71.6 Å². The topological polar surface area (TPSA) is 174 Å². The van der Waals surface area contributed by atoms with Gasteiger partial charge in [0.1, 0.15) is 17.7 Å². The van der Waals surface area contributed by atoms with E-state index in [1.165, 1.54) is 23.9 Å². The van der Waals surface area contributed by atoms with Crippen LogP contribution in [0.4, 0.5) is 10.6 Å². The minimum atomic E-state index is -4.12. The summed E-state index contributed by atoms with van der Waals surface area (Å²) in [4.78, 5) is 37.5. The molecular formula is C29H35N5O7S2. The van der Waals surface area contributed by atoms with Crippen LogP contribution >= 0.6 is 11.3 Å². The van der Waals surface area contributed by atoms with Crippen molar-refractivity contribution >= 4 is 39.3 Å². The van der Waals surface area contributed by atoms with Crippen molar-refractivity contribution in [2.24, 2.45) is 11.1 Å². The number of anilines is 1. The van der Waals surface area contributed by atoms with Crippen LogP contribution in [-0.2, 0) is 25.6 Å². The van der Waals surface area contributed by atoms with Gasteiger partial charge in [-0.15, -0.1) is 11.3 Å². The number of hydrogen-bond acceptors (Lipinski definition) is 11. The van der Waals surface area contributed by atoms with Gasteiger partial charge in [0.05, 0.1) is 29.2 Å². The molecule has 2 aromatic heterocycles. The number of nitrogens with two attached hydrogens (primary N) is 1. The molecule has 230 valence electrons. The molecule has 3 aromatic rings. The fraction of sp³-hybridized carbons (Fsp3) is 0.448. The van der Waals surface area contributed by atoms with Gasteiger partial charge in [0.2, 0.25) is 5.78 Å². The van der Waals surface area contributed by atoms with Gasteiger partial charge >= 0.3 is 16.4 Å².